The highest BCUT2D eigenvalue weighted by molar-refractivity contribution is 7.12. The highest BCUT2D eigenvalue weighted by atomic mass is 32.1. The first-order valence-corrected chi connectivity index (χ1v) is 12.9. The fourth-order valence-corrected chi connectivity index (χ4v) is 4.92. The van der Waals surface area contributed by atoms with Gasteiger partial charge in [0, 0.05) is 19.5 Å². The number of para-hydroxylation sites is 2. The largest absolute Gasteiger partial charge is 0.494 e. The van der Waals surface area contributed by atoms with E-state index < -0.39 is 0 Å². The van der Waals surface area contributed by atoms with Gasteiger partial charge in [0.1, 0.15) is 11.6 Å². The number of amides is 1. The summed E-state index contributed by atoms with van der Waals surface area (Å²) >= 11 is 1.48. The molecule has 0 saturated heterocycles. The van der Waals surface area contributed by atoms with Gasteiger partial charge in [0.25, 0.3) is 5.91 Å². The van der Waals surface area contributed by atoms with Crippen molar-refractivity contribution in [2.75, 3.05) is 13.2 Å². The number of aromatic nitrogens is 2. The Labute approximate surface area is 205 Å². The monoisotopic (exact) mass is 475 g/mol. The topological polar surface area (TPSA) is 56.1 Å². The lowest BCUT2D eigenvalue weighted by Crippen LogP contribution is -2.23. The standard InChI is InChI=1S/C28H33N3O2S/c1-21-18-22(2)20-23(19-21)33-16-9-15-31-25-11-6-5-10-24(25)30-27(31)13-4-3-7-14-29-28(32)26-12-8-17-34-26/h5-6,8,10-12,17-20H,3-4,7,9,13-16H2,1-2H3,(H,29,32). The maximum absolute atomic E-state index is 12.0. The van der Waals surface area contributed by atoms with Crippen LogP contribution >= 0.6 is 11.3 Å². The molecule has 5 nitrogen and oxygen atoms in total. The van der Waals surface area contributed by atoms with Gasteiger partial charge in [-0.2, -0.15) is 0 Å². The molecule has 0 unspecified atom stereocenters. The average molecular weight is 476 g/mol. The predicted octanol–water partition coefficient (Wildman–Crippen LogP) is 6.33. The molecule has 0 aliphatic rings. The first-order chi connectivity index (χ1) is 16.6. The molecule has 0 atom stereocenters. The summed E-state index contributed by atoms with van der Waals surface area (Å²) in [5.74, 6) is 2.11. The van der Waals surface area contributed by atoms with E-state index in [4.69, 9.17) is 9.72 Å². The highest BCUT2D eigenvalue weighted by Crippen LogP contribution is 2.20. The number of ether oxygens (including phenoxy) is 1. The molecule has 2 heterocycles. The molecule has 0 spiro atoms. The molecule has 1 N–H and O–H groups in total. The van der Waals surface area contributed by atoms with Gasteiger partial charge in [0.2, 0.25) is 0 Å². The van der Waals surface area contributed by atoms with E-state index in [1.807, 2.05) is 23.6 Å². The van der Waals surface area contributed by atoms with Crippen LogP contribution in [-0.4, -0.2) is 28.6 Å². The number of fused-ring (bicyclic) bond motifs is 1. The Morgan fingerprint density at radius 3 is 2.62 bits per heavy atom. The first kappa shape index (κ1) is 24.0. The van der Waals surface area contributed by atoms with E-state index in [-0.39, 0.29) is 5.91 Å². The van der Waals surface area contributed by atoms with Crippen molar-refractivity contribution in [2.45, 2.75) is 52.5 Å². The van der Waals surface area contributed by atoms with Crippen molar-refractivity contribution in [3.05, 3.63) is 81.8 Å². The minimum absolute atomic E-state index is 0.0276. The third-order valence-corrected chi connectivity index (χ3v) is 6.70. The van der Waals surface area contributed by atoms with Crippen LogP contribution < -0.4 is 10.1 Å². The van der Waals surface area contributed by atoms with Crippen LogP contribution in [0.25, 0.3) is 11.0 Å². The van der Waals surface area contributed by atoms with Gasteiger partial charge in [-0.25, -0.2) is 4.98 Å². The Morgan fingerprint density at radius 1 is 1.00 bits per heavy atom. The van der Waals surface area contributed by atoms with Crippen LogP contribution in [0.3, 0.4) is 0 Å². The summed E-state index contributed by atoms with van der Waals surface area (Å²) in [4.78, 5) is 17.7. The second-order valence-electron chi connectivity index (χ2n) is 8.74. The lowest BCUT2D eigenvalue weighted by atomic mass is 10.1. The number of carbonyl (C=O) groups is 1. The number of rotatable bonds is 12. The molecule has 6 heteroatoms. The lowest BCUT2D eigenvalue weighted by Gasteiger charge is -2.11. The molecule has 4 aromatic rings. The van der Waals surface area contributed by atoms with Gasteiger partial charge >= 0.3 is 0 Å². The Balaban J connectivity index is 1.26. The maximum Gasteiger partial charge on any atom is 0.261 e. The van der Waals surface area contributed by atoms with Crippen LogP contribution in [0.2, 0.25) is 0 Å². The molecular weight excluding hydrogens is 442 g/mol. The molecular formula is C28H33N3O2S. The zero-order chi connectivity index (χ0) is 23.8. The number of hydrogen-bond donors (Lipinski definition) is 1. The fraction of sp³-hybridized carbons (Fsp3) is 0.357. The SMILES string of the molecule is Cc1cc(C)cc(OCCCn2c(CCCCCNC(=O)c3cccs3)nc3ccccc32)c1. The van der Waals surface area contributed by atoms with Gasteiger partial charge in [-0.3, -0.25) is 4.79 Å². The number of unbranched alkanes of at least 4 members (excludes halogenated alkanes) is 2. The highest BCUT2D eigenvalue weighted by Gasteiger charge is 2.11. The van der Waals surface area contributed by atoms with Crippen LogP contribution in [0.4, 0.5) is 0 Å². The van der Waals surface area contributed by atoms with E-state index >= 15 is 0 Å². The molecule has 34 heavy (non-hydrogen) atoms. The lowest BCUT2D eigenvalue weighted by molar-refractivity contribution is 0.0957. The van der Waals surface area contributed by atoms with Crippen molar-refractivity contribution >= 4 is 28.3 Å². The fourth-order valence-electron chi connectivity index (χ4n) is 4.28. The van der Waals surface area contributed by atoms with Gasteiger partial charge < -0.3 is 14.6 Å². The molecule has 0 bridgehead atoms. The molecule has 0 saturated carbocycles. The minimum Gasteiger partial charge on any atom is -0.494 e. The summed E-state index contributed by atoms with van der Waals surface area (Å²) in [7, 11) is 0. The van der Waals surface area contributed by atoms with Crippen molar-refractivity contribution < 1.29 is 9.53 Å². The van der Waals surface area contributed by atoms with Gasteiger partial charge in [-0.1, -0.05) is 30.7 Å². The van der Waals surface area contributed by atoms with Gasteiger partial charge in [-0.15, -0.1) is 11.3 Å². The molecule has 4 rings (SSSR count). The molecule has 0 aliphatic carbocycles. The quantitative estimate of drug-likeness (QED) is 0.244. The summed E-state index contributed by atoms with van der Waals surface area (Å²) in [5, 5.41) is 4.94. The van der Waals surface area contributed by atoms with E-state index in [1.165, 1.54) is 28.0 Å². The van der Waals surface area contributed by atoms with Gasteiger partial charge in [-0.05, 0) is 79.9 Å². The Bertz CT molecular complexity index is 1190. The average Bonchev–Trinajstić information content (AvgIpc) is 3.47. The number of carbonyl (C=O) groups excluding carboxylic acids is 1. The summed E-state index contributed by atoms with van der Waals surface area (Å²) in [6, 6.07) is 18.5. The minimum atomic E-state index is 0.0276. The normalized spacial score (nSPS) is 11.1. The predicted molar refractivity (Wildman–Crippen MR) is 140 cm³/mol. The summed E-state index contributed by atoms with van der Waals surface area (Å²) in [5.41, 5.74) is 4.69. The summed E-state index contributed by atoms with van der Waals surface area (Å²) < 4.78 is 8.37. The third kappa shape index (κ3) is 6.48. The van der Waals surface area contributed by atoms with E-state index in [0.717, 1.165) is 60.6 Å². The van der Waals surface area contributed by atoms with Crippen LogP contribution in [0, 0.1) is 13.8 Å². The van der Waals surface area contributed by atoms with E-state index in [1.54, 1.807) is 0 Å². The third-order valence-electron chi connectivity index (χ3n) is 5.83. The van der Waals surface area contributed by atoms with Crippen LogP contribution in [0.15, 0.2) is 60.0 Å². The number of benzene rings is 2. The van der Waals surface area contributed by atoms with Gasteiger partial charge in [0.15, 0.2) is 0 Å². The van der Waals surface area contributed by atoms with E-state index in [0.29, 0.717) is 13.2 Å². The molecule has 0 aliphatic heterocycles. The van der Waals surface area contributed by atoms with Crippen molar-refractivity contribution in [1.82, 2.24) is 14.9 Å². The molecule has 178 valence electrons. The first-order valence-electron chi connectivity index (χ1n) is 12.1. The number of hydrogen-bond acceptors (Lipinski definition) is 4. The van der Waals surface area contributed by atoms with Gasteiger partial charge in [0.05, 0.1) is 22.5 Å². The number of nitrogens with one attached hydrogen (secondary N) is 1. The van der Waals surface area contributed by atoms with Crippen LogP contribution in [0.5, 0.6) is 5.75 Å². The Morgan fingerprint density at radius 2 is 1.82 bits per heavy atom. The summed E-state index contributed by atoms with van der Waals surface area (Å²) in [6.07, 6.45) is 4.95. The Kier molecular flexibility index (Phi) is 8.36. The summed E-state index contributed by atoms with van der Waals surface area (Å²) in [6.45, 7) is 6.47. The number of thiophene rings is 1. The second-order valence-corrected chi connectivity index (χ2v) is 9.69. The smallest absolute Gasteiger partial charge is 0.261 e. The van der Waals surface area contributed by atoms with Crippen molar-refractivity contribution in [3.63, 3.8) is 0 Å². The maximum atomic E-state index is 12.0. The molecule has 1 amide bonds. The molecule has 2 aromatic carbocycles. The molecule has 2 aromatic heterocycles. The Hall–Kier alpha value is -3.12. The van der Waals surface area contributed by atoms with Crippen LogP contribution in [-0.2, 0) is 13.0 Å². The number of imidazole rings is 1. The van der Waals surface area contributed by atoms with E-state index in [2.05, 4.69) is 60.1 Å². The van der Waals surface area contributed by atoms with Crippen molar-refractivity contribution in [3.8, 4) is 5.75 Å². The zero-order valence-electron chi connectivity index (χ0n) is 20.0. The van der Waals surface area contributed by atoms with Crippen LogP contribution in [0.1, 0.15) is 52.3 Å². The van der Waals surface area contributed by atoms with Crippen molar-refractivity contribution in [1.29, 1.82) is 0 Å². The number of nitrogens with zero attached hydrogens (tertiary/aromatic N) is 2. The number of aryl methyl sites for hydroxylation is 4. The molecule has 0 radical (unpaired) electrons. The zero-order valence-corrected chi connectivity index (χ0v) is 20.9. The second kappa shape index (κ2) is 11.8. The molecule has 0 fully saturated rings. The van der Waals surface area contributed by atoms with E-state index in [9.17, 15) is 4.79 Å². The van der Waals surface area contributed by atoms with Crippen molar-refractivity contribution in [2.24, 2.45) is 0 Å².